The molecule has 0 aliphatic rings. The molecule has 0 aliphatic heterocycles. The van der Waals surface area contributed by atoms with Gasteiger partial charge in [0.15, 0.2) is 0 Å². The van der Waals surface area contributed by atoms with Crippen LogP contribution in [-0.2, 0) is 6.54 Å². The van der Waals surface area contributed by atoms with Crippen LogP contribution in [-0.4, -0.2) is 21.6 Å². The molecule has 3 aromatic rings. The molecule has 0 saturated carbocycles. The zero-order valence-corrected chi connectivity index (χ0v) is 12.2. The molecule has 2 aromatic heterocycles. The third kappa shape index (κ3) is 2.22. The van der Waals surface area contributed by atoms with E-state index in [1.54, 1.807) is 18.4 Å². The minimum absolute atomic E-state index is 0.293. The van der Waals surface area contributed by atoms with Gasteiger partial charge >= 0.3 is 0 Å². The molecule has 5 nitrogen and oxygen atoms in total. The highest BCUT2D eigenvalue weighted by molar-refractivity contribution is 7.09. The molecule has 0 amide bonds. The van der Waals surface area contributed by atoms with Crippen LogP contribution in [0.15, 0.2) is 29.8 Å². The Hall–Kier alpha value is -2.08. The number of imidazole rings is 1. The van der Waals surface area contributed by atoms with Gasteiger partial charge in [0.1, 0.15) is 5.75 Å². The average Bonchev–Trinajstić information content (AvgIpc) is 3.07. The smallest absolute Gasteiger partial charge is 0.201 e. The first-order chi connectivity index (χ1) is 9.69. The molecule has 0 spiro atoms. The molecule has 2 N–H and O–H groups in total. The number of benzene rings is 1. The highest BCUT2D eigenvalue weighted by atomic mass is 32.1. The molecule has 1 atom stereocenters. The highest BCUT2D eigenvalue weighted by Gasteiger charge is 2.14. The summed E-state index contributed by atoms with van der Waals surface area (Å²) in [7, 11) is 1.66. The van der Waals surface area contributed by atoms with E-state index in [9.17, 15) is 0 Å². The summed E-state index contributed by atoms with van der Waals surface area (Å²) in [6, 6.07) is 5.78. The first-order valence-electron chi connectivity index (χ1n) is 6.38. The molecule has 2 heterocycles. The van der Waals surface area contributed by atoms with Crippen LogP contribution >= 0.6 is 11.3 Å². The second-order valence-electron chi connectivity index (χ2n) is 4.71. The molecule has 0 aliphatic carbocycles. The number of thiazole rings is 1. The summed E-state index contributed by atoms with van der Waals surface area (Å²) < 4.78 is 7.29. The van der Waals surface area contributed by atoms with Crippen LogP contribution in [0.5, 0.6) is 5.75 Å². The summed E-state index contributed by atoms with van der Waals surface area (Å²) in [6.45, 7) is 2.90. The zero-order valence-electron chi connectivity index (χ0n) is 11.4. The summed E-state index contributed by atoms with van der Waals surface area (Å²) in [4.78, 5) is 8.75. The van der Waals surface area contributed by atoms with Gasteiger partial charge in [-0.15, -0.1) is 11.3 Å². The van der Waals surface area contributed by atoms with E-state index in [2.05, 4.69) is 16.9 Å². The van der Waals surface area contributed by atoms with E-state index < -0.39 is 0 Å². The van der Waals surface area contributed by atoms with Crippen molar-refractivity contribution < 1.29 is 4.74 Å². The Morgan fingerprint density at radius 3 is 3.00 bits per heavy atom. The minimum atomic E-state index is 0.293. The lowest BCUT2D eigenvalue weighted by molar-refractivity contribution is 0.415. The normalized spacial score (nSPS) is 12.7. The zero-order chi connectivity index (χ0) is 14.1. The molecule has 0 bridgehead atoms. The number of rotatable bonds is 4. The monoisotopic (exact) mass is 288 g/mol. The maximum atomic E-state index is 6.04. The van der Waals surface area contributed by atoms with Crippen molar-refractivity contribution in [2.45, 2.75) is 19.4 Å². The number of aromatic nitrogens is 3. The first-order valence-corrected chi connectivity index (χ1v) is 7.26. The summed E-state index contributed by atoms with van der Waals surface area (Å²) in [5, 5.41) is 3.10. The molecule has 104 valence electrons. The van der Waals surface area contributed by atoms with Gasteiger partial charge in [0.25, 0.3) is 0 Å². The van der Waals surface area contributed by atoms with E-state index in [0.717, 1.165) is 28.3 Å². The van der Waals surface area contributed by atoms with Crippen molar-refractivity contribution in [2.75, 3.05) is 12.8 Å². The fourth-order valence-electron chi connectivity index (χ4n) is 2.27. The molecule has 3 rings (SSSR count). The van der Waals surface area contributed by atoms with Crippen LogP contribution in [0.2, 0.25) is 0 Å². The standard InChI is InChI=1S/C14H16N4OS/c1-9(13-16-5-6-20-13)8-18-12-7-10(19-2)3-4-11(12)17-14(18)15/h3-7,9H,8H2,1-2H3,(H2,15,17). The SMILES string of the molecule is COc1ccc2nc(N)n(CC(C)c3nccs3)c2c1. The Morgan fingerprint density at radius 2 is 2.30 bits per heavy atom. The predicted molar refractivity (Wildman–Crippen MR) is 81.2 cm³/mol. The van der Waals surface area contributed by atoms with Crippen molar-refractivity contribution in [3.05, 3.63) is 34.8 Å². The van der Waals surface area contributed by atoms with Gasteiger partial charge in [0.05, 0.1) is 23.2 Å². The number of hydrogen-bond donors (Lipinski definition) is 1. The van der Waals surface area contributed by atoms with Crippen molar-refractivity contribution in [3.63, 3.8) is 0 Å². The number of nitrogens with zero attached hydrogens (tertiary/aromatic N) is 3. The topological polar surface area (TPSA) is 66.0 Å². The van der Waals surface area contributed by atoms with Crippen molar-refractivity contribution in [1.82, 2.24) is 14.5 Å². The molecule has 20 heavy (non-hydrogen) atoms. The molecule has 6 heteroatoms. The van der Waals surface area contributed by atoms with E-state index in [1.165, 1.54) is 0 Å². The van der Waals surface area contributed by atoms with Crippen molar-refractivity contribution in [3.8, 4) is 5.75 Å². The van der Waals surface area contributed by atoms with Crippen LogP contribution in [0.4, 0.5) is 5.95 Å². The second kappa shape index (κ2) is 5.13. The van der Waals surface area contributed by atoms with Crippen molar-refractivity contribution in [1.29, 1.82) is 0 Å². The molecular formula is C14H16N4OS. The van der Waals surface area contributed by atoms with Gasteiger partial charge in [0.2, 0.25) is 5.95 Å². The van der Waals surface area contributed by atoms with Gasteiger partial charge in [-0.25, -0.2) is 9.97 Å². The van der Waals surface area contributed by atoms with Gasteiger partial charge in [-0.05, 0) is 12.1 Å². The molecule has 0 saturated heterocycles. The third-order valence-electron chi connectivity index (χ3n) is 3.31. The number of methoxy groups -OCH3 is 1. The molecule has 1 unspecified atom stereocenters. The summed E-state index contributed by atoms with van der Waals surface area (Å²) in [6.07, 6.45) is 1.83. The fourth-order valence-corrected chi connectivity index (χ4v) is 2.96. The van der Waals surface area contributed by atoms with Crippen LogP contribution in [0.25, 0.3) is 11.0 Å². The quantitative estimate of drug-likeness (QED) is 0.801. The molecule has 1 aromatic carbocycles. The van der Waals surface area contributed by atoms with Crippen LogP contribution in [0.3, 0.4) is 0 Å². The van der Waals surface area contributed by atoms with Gasteiger partial charge in [-0.3, -0.25) is 0 Å². The van der Waals surface area contributed by atoms with E-state index in [0.29, 0.717) is 11.9 Å². The summed E-state index contributed by atoms with van der Waals surface area (Å²) >= 11 is 1.66. The van der Waals surface area contributed by atoms with Gasteiger partial charge < -0.3 is 15.0 Å². The Labute approximate surface area is 121 Å². The van der Waals surface area contributed by atoms with Crippen LogP contribution in [0.1, 0.15) is 17.8 Å². The lowest BCUT2D eigenvalue weighted by atomic mass is 10.2. The van der Waals surface area contributed by atoms with Crippen molar-refractivity contribution >= 4 is 28.3 Å². The fraction of sp³-hybridized carbons (Fsp3) is 0.286. The maximum absolute atomic E-state index is 6.04. The Kier molecular flexibility index (Phi) is 3.31. The van der Waals surface area contributed by atoms with Crippen LogP contribution < -0.4 is 10.5 Å². The second-order valence-corrected chi connectivity index (χ2v) is 5.63. The molecule has 0 radical (unpaired) electrons. The Balaban J connectivity index is 1.99. The lowest BCUT2D eigenvalue weighted by Gasteiger charge is -2.12. The van der Waals surface area contributed by atoms with E-state index >= 15 is 0 Å². The largest absolute Gasteiger partial charge is 0.497 e. The predicted octanol–water partition coefficient (Wildman–Crippen LogP) is 2.89. The van der Waals surface area contributed by atoms with Gasteiger partial charge in [-0.2, -0.15) is 0 Å². The van der Waals surface area contributed by atoms with Gasteiger partial charge in [0, 0.05) is 30.1 Å². The van der Waals surface area contributed by atoms with Gasteiger partial charge in [-0.1, -0.05) is 6.92 Å². The summed E-state index contributed by atoms with van der Waals surface area (Å²) in [5.41, 5.74) is 7.92. The highest BCUT2D eigenvalue weighted by Crippen LogP contribution is 2.27. The van der Waals surface area contributed by atoms with Crippen molar-refractivity contribution in [2.24, 2.45) is 0 Å². The molecule has 0 fully saturated rings. The maximum Gasteiger partial charge on any atom is 0.201 e. The number of anilines is 1. The molecular weight excluding hydrogens is 272 g/mol. The number of ether oxygens (including phenoxy) is 1. The van der Waals surface area contributed by atoms with E-state index in [4.69, 9.17) is 10.5 Å². The Bertz CT molecular complexity index is 720. The minimum Gasteiger partial charge on any atom is -0.497 e. The number of nitrogens with two attached hydrogens (primary N) is 1. The van der Waals surface area contributed by atoms with E-state index in [-0.39, 0.29) is 0 Å². The van der Waals surface area contributed by atoms with Crippen LogP contribution in [0, 0.1) is 0 Å². The average molecular weight is 288 g/mol. The Morgan fingerprint density at radius 1 is 1.45 bits per heavy atom. The first kappa shape index (κ1) is 12.9. The number of hydrogen-bond acceptors (Lipinski definition) is 5. The number of fused-ring (bicyclic) bond motifs is 1. The summed E-state index contributed by atoms with van der Waals surface area (Å²) in [5.74, 6) is 1.62. The number of nitrogen functional groups attached to an aromatic ring is 1. The third-order valence-corrected chi connectivity index (χ3v) is 4.32. The lowest BCUT2D eigenvalue weighted by Crippen LogP contribution is -2.09. The van der Waals surface area contributed by atoms with E-state index in [1.807, 2.05) is 34.3 Å².